The number of nitrogens with one attached hydrogen (secondary N) is 1. The molecule has 0 bridgehead atoms. The highest BCUT2D eigenvalue weighted by atomic mass is 32.1. The molecule has 23 heavy (non-hydrogen) atoms. The predicted molar refractivity (Wildman–Crippen MR) is 82.2 cm³/mol. The molecule has 1 amide bonds. The van der Waals surface area contributed by atoms with Gasteiger partial charge < -0.3 is 14.6 Å². The van der Waals surface area contributed by atoms with Gasteiger partial charge in [0.05, 0.1) is 5.69 Å². The topological polar surface area (TPSA) is 103 Å². The van der Waals surface area contributed by atoms with E-state index in [4.69, 9.17) is 9.26 Å². The number of rotatable bonds is 7. The van der Waals surface area contributed by atoms with Crippen LogP contribution in [0.3, 0.4) is 0 Å². The highest BCUT2D eigenvalue weighted by Crippen LogP contribution is 2.26. The highest BCUT2D eigenvalue weighted by Gasteiger charge is 2.23. The van der Waals surface area contributed by atoms with E-state index in [1.165, 1.54) is 0 Å². The first-order chi connectivity index (χ1) is 11.3. The Morgan fingerprint density at radius 1 is 1.43 bits per heavy atom. The molecule has 3 rings (SSSR count). The van der Waals surface area contributed by atoms with Crippen LogP contribution in [0.5, 0.6) is 0 Å². The van der Waals surface area contributed by atoms with Gasteiger partial charge in [0.2, 0.25) is 0 Å². The van der Waals surface area contributed by atoms with Gasteiger partial charge in [-0.3, -0.25) is 4.79 Å². The largest absolute Gasteiger partial charge is 0.368 e. The maximum Gasteiger partial charge on any atom is 0.264 e. The van der Waals surface area contributed by atoms with E-state index in [0.717, 1.165) is 49.5 Å². The molecule has 2 aromatic heterocycles. The summed E-state index contributed by atoms with van der Waals surface area (Å²) in [7, 11) is 0. The smallest absolute Gasteiger partial charge is 0.264 e. The predicted octanol–water partition coefficient (Wildman–Crippen LogP) is 1.70. The van der Waals surface area contributed by atoms with E-state index in [2.05, 4.69) is 25.0 Å². The maximum atomic E-state index is 12.1. The summed E-state index contributed by atoms with van der Waals surface area (Å²) in [6.45, 7) is 3.22. The summed E-state index contributed by atoms with van der Waals surface area (Å²) < 4.78 is 14.6. The number of aryl methyl sites for hydroxylation is 1. The number of amides is 1. The second kappa shape index (κ2) is 7.60. The Kier molecular flexibility index (Phi) is 5.29. The summed E-state index contributed by atoms with van der Waals surface area (Å²) >= 11 is 1.13. The fraction of sp³-hybridized carbons (Fsp3) is 0.643. The van der Waals surface area contributed by atoms with Gasteiger partial charge in [-0.1, -0.05) is 23.0 Å². The molecule has 8 nitrogen and oxygen atoms in total. The Morgan fingerprint density at radius 3 is 3.13 bits per heavy atom. The molecule has 1 saturated heterocycles. The van der Waals surface area contributed by atoms with Crippen molar-refractivity contribution in [2.45, 2.75) is 45.1 Å². The number of ether oxygens (including phenoxy) is 1. The van der Waals surface area contributed by atoms with Crippen LogP contribution in [0.15, 0.2) is 4.52 Å². The van der Waals surface area contributed by atoms with Gasteiger partial charge in [0.1, 0.15) is 11.0 Å². The van der Waals surface area contributed by atoms with Crippen LogP contribution in [0.25, 0.3) is 0 Å². The Labute approximate surface area is 137 Å². The number of aromatic nitrogens is 4. The first-order valence-corrected chi connectivity index (χ1v) is 8.58. The summed E-state index contributed by atoms with van der Waals surface area (Å²) in [6.07, 6.45) is 4.05. The number of nitrogens with zero attached hydrogens (tertiary/aromatic N) is 4. The number of hydrogen-bond acceptors (Lipinski definition) is 8. The van der Waals surface area contributed by atoms with Gasteiger partial charge in [-0.15, -0.1) is 5.10 Å². The van der Waals surface area contributed by atoms with Crippen molar-refractivity contribution in [3.8, 4) is 0 Å². The molecule has 3 heterocycles. The zero-order valence-electron chi connectivity index (χ0n) is 12.9. The van der Waals surface area contributed by atoms with Crippen molar-refractivity contribution in [2.75, 3.05) is 13.2 Å². The molecule has 1 N–H and O–H groups in total. The van der Waals surface area contributed by atoms with Gasteiger partial charge in [-0.2, -0.15) is 4.98 Å². The van der Waals surface area contributed by atoms with Gasteiger partial charge in [0.15, 0.2) is 5.82 Å². The lowest BCUT2D eigenvalue weighted by Gasteiger charge is -2.02. The van der Waals surface area contributed by atoms with Crippen LogP contribution < -0.4 is 5.32 Å². The van der Waals surface area contributed by atoms with Gasteiger partial charge in [0.25, 0.3) is 11.8 Å². The maximum absolute atomic E-state index is 12.1. The Morgan fingerprint density at radius 2 is 2.35 bits per heavy atom. The van der Waals surface area contributed by atoms with E-state index in [1.807, 2.05) is 6.92 Å². The monoisotopic (exact) mass is 337 g/mol. The van der Waals surface area contributed by atoms with E-state index in [9.17, 15) is 4.79 Å². The second-order valence-electron chi connectivity index (χ2n) is 5.36. The third-order valence-corrected chi connectivity index (χ3v) is 4.34. The lowest BCUT2D eigenvalue weighted by atomic mass is 10.2. The minimum Gasteiger partial charge on any atom is -0.368 e. The zero-order chi connectivity index (χ0) is 16.1. The highest BCUT2D eigenvalue weighted by molar-refractivity contribution is 7.08. The van der Waals surface area contributed by atoms with Gasteiger partial charge >= 0.3 is 0 Å². The van der Waals surface area contributed by atoms with Crippen molar-refractivity contribution in [1.82, 2.24) is 25.0 Å². The molecule has 0 unspecified atom stereocenters. The quantitative estimate of drug-likeness (QED) is 0.820. The van der Waals surface area contributed by atoms with E-state index in [0.29, 0.717) is 29.6 Å². The van der Waals surface area contributed by atoms with Crippen LogP contribution in [0.1, 0.15) is 59.4 Å². The number of carbonyl (C=O) groups excluding carboxylic acids is 1. The van der Waals surface area contributed by atoms with Crippen molar-refractivity contribution in [3.05, 3.63) is 22.3 Å². The molecule has 124 valence electrons. The van der Waals surface area contributed by atoms with E-state index >= 15 is 0 Å². The fourth-order valence-corrected chi connectivity index (χ4v) is 3.05. The Bertz CT molecular complexity index is 650. The van der Waals surface area contributed by atoms with Crippen molar-refractivity contribution in [1.29, 1.82) is 0 Å². The molecular weight excluding hydrogens is 318 g/mol. The van der Waals surface area contributed by atoms with Crippen LogP contribution in [-0.4, -0.2) is 38.8 Å². The summed E-state index contributed by atoms with van der Waals surface area (Å²) in [5.74, 6) is 0.957. The minimum absolute atomic E-state index is 0.0780. The molecule has 0 aliphatic carbocycles. The van der Waals surface area contributed by atoms with Gasteiger partial charge in [-0.05, 0) is 30.8 Å². The van der Waals surface area contributed by atoms with E-state index in [1.54, 1.807) is 0 Å². The number of carbonyl (C=O) groups is 1. The Balaban J connectivity index is 1.49. The normalized spacial score (nSPS) is 17.5. The third kappa shape index (κ3) is 3.91. The molecule has 1 fully saturated rings. The standard InChI is InChI=1S/C14H19N5O3S/c1-2-4-9-12(23-19-17-9)13(20)15-7-6-11-16-14(22-18-11)10-5-3-8-21-10/h10H,2-8H2,1H3,(H,15,20)/t10-/m0/s1. The van der Waals surface area contributed by atoms with Crippen LogP contribution in [-0.2, 0) is 17.6 Å². The molecule has 2 aromatic rings. The number of hydrogen-bond donors (Lipinski definition) is 1. The van der Waals surface area contributed by atoms with Crippen molar-refractivity contribution < 1.29 is 14.1 Å². The molecule has 0 spiro atoms. The molecule has 1 aliphatic rings. The van der Waals surface area contributed by atoms with Crippen LogP contribution >= 0.6 is 11.5 Å². The van der Waals surface area contributed by atoms with Crippen molar-refractivity contribution in [2.24, 2.45) is 0 Å². The minimum atomic E-state index is -0.147. The lowest BCUT2D eigenvalue weighted by molar-refractivity contribution is 0.0835. The molecule has 1 aliphatic heterocycles. The van der Waals surface area contributed by atoms with Gasteiger partial charge in [-0.25, -0.2) is 0 Å². The second-order valence-corrected chi connectivity index (χ2v) is 6.11. The molecule has 0 aromatic carbocycles. The van der Waals surface area contributed by atoms with Crippen molar-refractivity contribution >= 4 is 17.4 Å². The van der Waals surface area contributed by atoms with E-state index < -0.39 is 0 Å². The molecule has 0 radical (unpaired) electrons. The van der Waals surface area contributed by atoms with Crippen LogP contribution in [0.2, 0.25) is 0 Å². The molecule has 9 heteroatoms. The van der Waals surface area contributed by atoms with Crippen molar-refractivity contribution in [3.63, 3.8) is 0 Å². The van der Waals surface area contributed by atoms with Crippen LogP contribution in [0, 0.1) is 0 Å². The third-order valence-electron chi connectivity index (χ3n) is 3.57. The fourth-order valence-electron chi connectivity index (χ4n) is 2.42. The summed E-state index contributed by atoms with van der Waals surface area (Å²) in [5.41, 5.74) is 0.759. The summed E-state index contributed by atoms with van der Waals surface area (Å²) in [4.78, 5) is 17.0. The summed E-state index contributed by atoms with van der Waals surface area (Å²) in [6, 6.07) is 0. The average Bonchev–Trinajstić information content (AvgIpc) is 3.28. The molecular formula is C14H19N5O3S. The Hall–Kier alpha value is -1.87. The van der Waals surface area contributed by atoms with Crippen LogP contribution in [0.4, 0.5) is 0 Å². The lowest BCUT2D eigenvalue weighted by Crippen LogP contribution is -2.26. The van der Waals surface area contributed by atoms with E-state index in [-0.39, 0.29) is 12.0 Å². The first-order valence-electron chi connectivity index (χ1n) is 7.81. The van der Waals surface area contributed by atoms with Gasteiger partial charge in [0, 0.05) is 19.6 Å². The average molecular weight is 337 g/mol. The molecule has 1 atom stereocenters. The molecule has 0 saturated carbocycles. The summed E-state index contributed by atoms with van der Waals surface area (Å²) in [5, 5.41) is 10.8. The SMILES string of the molecule is CCCc1nnsc1C(=O)NCCc1noc([C@@H]2CCCO2)n1. The zero-order valence-corrected chi connectivity index (χ0v) is 13.8. The first kappa shape index (κ1) is 16.0.